The minimum absolute atomic E-state index is 0.588. The van der Waals surface area contributed by atoms with E-state index < -0.39 is 0 Å². The number of hydrogen-bond donors (Lipinski definition) is 0. The molecule has 0 radical (unpaired) electrons. The van der Waals surface area contributed by atoms with Crippen LogP contribution in [-0.4, -0.2) is 40.1 Å². The molecule has 9 heavy (non-hydrogen) atoms. The van der Waals surface area contributed by atoms with Gasteiger partial charge in [-0.15, -0.1) is 0 Å². The van der Waals surface area contributed by atoms with Crippen molar-refractivity contribution in [2.45, 2.75) is 12.9 Å². The van der Waals surface area contributed by atoms with Crippen molar-refractivity contribution in [1.82, 2.24) is 4.92 Å². The molecule has 1 aliphatic heterocycles. The minimum Gasteiger partial charge on any atom is -0.354 e. The zero-order valence-corrected chi connectivity index (χ0v) is 6.55. The normalized spacial score (nSPS) is 34.8. The van der Waals surface area contributed by atoms with Crippen LogP contribution in [0.3, 0.4) is 0 Å². The van der Waals surface area contributed by atoms with Gasteiger partial charge in [-0.05, 0) is 11.5 Å². The molecule has 2 nitrogen and oxygen atoms in total. The first-order valence-electron chi connectivity index (χ1n) is 3.41. The van der Waals surface area contributed by atoms with E-state index in [4.69, 9.17) is 0 Å². The molecule has 0 aromatic carbocycles. The maximum Gasteiger partial charge on any atom is 0.241 e. The van der Waals surface area contributed by atoms with E-state index in [1.54, 1.807) is 0 Å². The van der Waals surface area contributed by atoms with Crippen LogP contribution < -0.4 is 0 Å². The van der Waals surface area contributed by atoms with E-state index in [1.807, 2.05) is 12.9 Å². The van der Waals surface area contributed by atoms with Crippen molar-refractivity contribution < 1.29 is 0 Å². The standard InChI is InChI=1S/C4H11B3N2/c1-2-3(5)8-9(7)4(2)6/h2,4H,5-7H2,1H3. The van der Waals surface area contributed by atoms with Gasteiger partial charge in [-0.3, -0.25) is 0 Å². The van der Waals surface area contributed by atoms with Gasteiger partial charge in [-0.2, -0.15) is 0 Å². The molecule has 1 aliphatic rings. The van der Waals surface area contributed by atoms with Gasteiger partial charge in [0, 0.05) is 5.94 Å². The summed E-state index contributed by atoms with van der Waals surface area (Å²) in [4.78, 5) is 2.03. The fourth-order valence-corrected chi connectivity index (χ4v) is 1.10. The molecule has 0 amide bonds. The average molecular weight is 120 g/mol. The summed E-state index contributed by atoms with van der Waals surface area (Å²) >= 11 is 0. The summed E-state index contributed by atoms with van der Waals surface area (Å²) < 4.78 is 0. The van der Waals surface area contributed by atoms with E-state index in [9.17, 15) is 0 Å². The van der Waals surface area contributed by atoms with Crippen molar-refractivity contribution in [2.75, 3.05) is 0 Å². The summed E-state index contributed by atoms with van der Waals surface area (Å²) in [6, 6.07) is 0. The van der Waals surface area contributed by atoms with Crippen LogP contribution in [0.1, 0.15) is 6.92 Å². The van der Waals surface area contributed by atoms with Gasteiger partial charge >= 0.3 is 0 Å². The van der Waals surface area contributed by atoms with Crippen molar-refractivity contribution in [2.24, 2.45) is 11.0 Å². The molecule has 0 saturated heterocycles. The maximum atomic E-state index is 4.30. The molecule has 2 atom stereocenters. The van der Waals surface area contributed by atoms with Crippen LogP contribution in [0.15, 0.2) is 5.10 Å². The summed E-state index contributed by atoms with van der Waals surface area (Å²) in [6.07, 6.45) is 0. The highest BCUT2D eigenvalue weighted by Gasteiger charge is 2.23. The molecule has 0 aromatic heterocycles. The third kappa shape index (κ3) is 1.00. The predicted octanol–water partition coefficient (Wildman–Crippen LogP) is -2.61. The topological polar surface area (TPSA) is 15.6 Å². The van der Waals surface area contributed by atoms with E-state index in [0.717, 1.165) is 0 Å². The van der Waals surface area contributed by atoms with Gasteiger partial charge in [0.25, 0.3) is 0 Å². The Bertz CT molecular complexity index is 147. The molecule has 0 saturated carbocycles. The number of nitrogens with zero attached hydrogens (tertiary/aromatic N) is 2. The molecule has 1 heterocycles. The Morgan fingerprint density at radius 2 is 2.22 bits per heavy atom. The third-order valence-corrected chi connectivity index (χ3v) is 2.29. The molecular formula is C4H11B3N2. The van der Waals surface area contributed by atoms with Gasteiger partial charge in [-0.25, -0.2) is 5.10 Å². The summed E-state index contributed by atoms with van der Waals surface area (Å²) in [7, 11) is 6.31. The molecule has 0 spiro atoms. The van der Waals surface area contributed by atoms with Crippen LogP contribution in [0.2, 0.25) is 0 Å². The van der Waals surface area contributed by atoms with E-state index in [-0.39, 0.29) is 0 Å². The van der Waals surface area contributed by atoms with Crippen molar-refractivity contribution >= 4 is 29.3 Å². The molecule has 0 bridgehead atoms. The second kappa shape index (κ2) is 2.12. The fourth-order valence-electron chi connectivity index (χ4n) is 1.10. The number of rotatable bonds is 0. The summed E-state index contributed by atoms with van der Waals surface area (Å²) in [5.41, 5.74) is 1.25. The first-order valence-corrected chi connectivity index (χ1v) is 3.41. The summed E-state index contributed by atoms with van der Waals surface area (Å²) in [5.74, 6) is 1.22. The Morgan fingerprint density at radius 3 is 2.33 bits per heavy atom. The van der Waals surface area contributed by atoms with Crippen LogP contribution in [0.4, 0.5) is 0 Å². The molecule has 0 fully saturated rings. The number of hydrogen-bond acceptors (Lipinski definition) is 2. The quantitative estimate of drug-likeness (QED) is 0.319. The Hall–Kier alpha value is -0.335. The second-order valence-electron chi connectivity index (χ2n) is 2.84. The van der Waals surface area contributed by atoms with Crippen LogP contribution in [0, 0.1) is 5.92 Å². The highest BCUT2D eigenvalue weighted by atomic mass is 15.4. The van der Waals surface area contributed by atoms with Crippen molar-refractivity contribution in [3.8, 4) is 0 Å². The van der Waals surface area contributed by atoms with E-state index in [2.05, 4.69) is 27.7 Å². The van der Waals surface area contributed by atoms with Crippen molar-refractivity contribution in [3.63, 3.8) is 0 Å². The number of hydrazone groups is 1. The first kappa shape index (κ1) is 6.78. The van der Waals surface area contributed by atoms with Crippen LogP contribution in [-0.2, 0) is 0 Å². The van der Waals surface area contributed by atoms with Gasteiger partial charge in [0.1, 0.15) is 7.85 Å². The largest absolute Gasteiger partial charge is 0.354 e. The lowest BCUT2D eigenvalue weighted by molar-refractivity contribution is 0.446. The first-order chi connectivity index (χ1) is 4.13. The van der Waals surface area contributed by atoms with Gasteiger partial charge in [0.2, 0.25) is 7.98 Å². The average Bonchev–Trinajstić information content (AvgIpc) is 1.98. The van der Waals surface area contributed by atoms with Crippen molar-refractivity contribution in [3.05, 3.63) is 0 Å². The molecule has 5 heteroatoms. The smallest absolute Gasteiger partial charge is 0.241 e. The Labute approximate surface area is 58.9 Å². The summed E-state index contributed by atoms with van der Waals surface area (Å²) in [6.45, 7) is 2.22. The Balaban J connectivity index is 2.70. The molecule has 1 rings (SSSR count). The lowest BCUT2D eigenvalue weighted by atomic mass is 9.77. The lowest BCUT2D eigenvalue weighted by Gasteiger charge is -2.17. The third-order valence-electron chi connectivity index (χ3n) is 2.29. The van der Waals surface area contributed by atoms with Crippen molar-refractivity contribution in [1.29, 1.82) is 0 Å². The van der Waals surface area contributed by atoms with Crippen LogP contribution in [0.25, 0.3) is 0 Å². The van der Waals surface area contributed by atoms with Gasteiger partial charge in [0.15, 0.2) is 7.85 Å². The highest BCUT2D eigenvalue weighted by Crippen LogP contribution is 2.14. The molecule has 0 N–H and O–H groups in total. The maximum absolute atomic E-state index is 4.30. The molecule has 0 aromatic rings. The molecule has 0 aliphatic carbocycles. The minimum atomic E-state index is 0.588. The van der Waals surface area contributed by atoms with Gasteiger partial charge in [-0.1, -0.05) is 6.92 Å². The molecule has 46 valence electrons. The van der Waals surface area contributed by atoms with E-state index in [1.165, 1.54) is 5.61 Å². The van der Waals surface area contributed by atoms with E-state index in [0.29, 0.717) is 11.9 Å². The van der Waals surface area contributed by atoms with Crippen LogP contribution in [0.5, 0.6) is 0 Å². The van der Waals surface area contributed by atoms with Gasteiger partial charge < -0.3 is 4.92 Å². The predicted molar refractivity (Wildman–Crippen MR) is 47.9 cm³/mol. The lowest BCUT2D eigenvalue weighted by Crippen LogP contribution is -2.30. The Morgan fingerprint density at radius 1 is 1.67 bits per heavy atom. The zero-order chi connectivity index (χ0) is 7.02. The van der Waals surface area contributed by atoms with Gasteiger partial charge in [0.05, 0.1) is 0 Å². The molecule has 2 unspecified atom stereocenters. The highest BCUT2D eigenvalue weighted by molar-refractivity contribution is 6.61. The second-order valence-corrected chi connectivity index (χ2v) is 2.84. The fraction of sp³-hybridized carbons (Fsp3) is 0.750. The zero-order valence-electron chi connectivity index (χ0n) is 6.55. The molecular weight excluding hydrogens is 108 g/mol. The van der Waals surface area contributed by atoms with E-state index >= 15 is 0 Å². The van der Waals surface area contributed by atoms with Crippen LogP contribution >= 0.6 is 0 Å². The monoisotopic (exact) mass is 120 g/mol. The SMILES string of the molecule is BC1=NN(B)C(B)C1C. The summed E-state index contributed by atoms with van der Waals surface area (Å²) in [5, 5.41) is 4.30. The Kier molecular flexibility index (Phi) is 1.60.